The zero-order valence-electron chi connectivity index (χ0n) is 20.6. The molecule has 1 fully saturated rings. The number of amides is 2. The Kier molecular flexibility index (Phi) is 6.74. The number of rotatable bonds is 6. The van der Waals surface area contributed by atoms with Crippen LogP contribution in [0, 0.1) is 13.8 Å². The van der Waals surface area contributed by atoms with Crippen LogP contribution in [-0.4, -0.2) is 66.7 Å². The molecule has 8 nitrogen and oxygen atoms in total. The summed E-state index contributed by atoms with van der Waals surface area (Å²) < 4.78 is 6.69. The molecule has 5 rings (SSSR count). The van der Waals surface area contributed by atoms with Gasteiger partial charge < -0.3 is 19.9 Å². The topological polar surface area (TPSA) is 87.7 Å². The van der Waals surface area contributed by atoms with Gasteiger partial charge in [0.1, 0.15) is 11.9 Å². The molecule has 0 aliphatic carbocycles. The molecule has 1 N–H and O–H groups in total. The number of carbonyl (C=O) groups is 2. The summed E-state index contributed by atoms with van der Waals surface area (Å²) in [5.41, 5.74) is 6.82. The molecule has 36 heavy (non-hydrogen) atoms. The van der Waals surface area contributed by atoms with Crippen LogP contribution in [-0.2, 0) is 4.74 Å². The van der Waals surface area contributed by atoms with Crippen molar-refractivity contribution in [1.29, 1.82) is 0 Å². The minimum Gasteiger partial charge on any atom is -0.355 e. The molecule has 2 amide bonds. The van der Waals surface area contributed by atoms with Gasteiger partial charge in [0.15, 0.2) is 5.13 Å². The number of aryl methyl sites for hydroxylation is 2. The third-order valence-corrected chi connectivity index (χ3v) is 8.41. The van der Waals surface area contributed by atoms with Crippen molar-refractivity contribution >= 4 is 49.8 Å². The van der Waals surface area contributed by atoms with Gasteiger partial charge in [0.05, 0.1) is 39.3 Å². The largest absolute Gasteiger partial charge is 0.355 e. The Morgan fingerprint density at radius 3 is 2.81 bits per heavy atom. The van der Waals surface area contributed by atoms with Crippen molar-refractivity contribution in [1.82, 2.24) is 20.2 Å². The summed E-state index contributed by atoms with van der Waals surface area (Å²) in [5.74, 6) is -0.416. The molecule has 1 aliphatic rings. The molecule has 0 spiro atoms. The van der Waals surface area contributed by atoms with E-state index >= 15 is 0 Å². The van der Waals surface area contributed by atoms with Gasteiger partial charge in [-0.05, 0) is 42.7 Å². The van der Waals surface area contributed by atoms with E-state index in [0.717, 1.165) is 31.4 Å². The second-order valence-corrected chi connectivity index (χ2v) is 10.7. The predicted molar refractivity (Wildman–Crippen MR) is 144 cm³/mol. The number of hydrogen-bond acceptors (Lipinski definition) is 8. The number of aromatic nitrogens is 2. The maximum absolute atomic E-state index is 13.7. The lowest BCUT2D eigenvalue weighted by molar-refractivity contribution is 0.0277. The van der Waals surface area contributed by atoms with Crippen molar-refractivity contribution in [2.24, 2.45) is 0 Å². The number of nitrogens with one attached hydrogen (secondary N) is 1. The predicted octanol–water partition coefficient (Wildman–Crippen LogP) is 4.33. The van der Waals surface area contributed by atoms with Gasteiger partial charge in [-0.25, -0.2) is 9.97 Å². The van der Waals surface area contributed by atoms with Crippen molar-refractivity contribution in [2.75, 3.05) is 38.7 Å². The number of hydrogen-bond donors (Lipinski definition) is 1. The smallest absolute Gasteiger partial charge is 0.276 e. The number of carbonyl (C=O) groups excluding carboxylic acids is 2. The van der Waals surface area contributed by atoms with E-state index in [1.54, 1.807) is 16.5 Å². The monoisotopic (exact) mass is 521 g/mol. The summed E-state index contributed by atoms with van der Waals surface area (Å²) in [4.78, 5) is 40.0. The number of nitrogens with zero attached hydrogens (tertiary/aromatic N) is 4. The van der Waals surface area contributed by atoms with Gasteiger partial charge in [-0.2, -0.15) is 0 Å². The highest BCUT2D eigenvalue weighted by molar-refractivity contribution is 7.19. The highest BCUT2D eigenvalue weighted by Crippen LogP contribution is 2.36. The zero-order chi connectivity index (χ0) is 25.4. The maximum Gasteiger partial charge on any atom is 0.276 e. The van der Waals surface area contributed by atoms with Crippen molar-refractivity contribution in [3.8, 4) is 10.4 Å². The second kappa shape index (κ2) is 9.96. The maximum atomic E-state index is 13.7. The van der Waals surface area contributed by atoms with E-state index < -0.39 is 6.23 Å². The highest BCUT2D eigenvalue weighted by atomic mass is 32.1. The molecular formula is C26H27N5O3S2. The molecule has 0 bridgehead atoms. The van der Waals surface area contributed by atoms with Gasteiger partial charge in [0.2, 0.25) is 0 Å². The Bertz CT molecular complexity index is 1440. The van der Waals surface area contributed by atoms with E-state index in [-0.39, 0.29) is 18.4 Å². The van der Waals surface area contributed by atoms with Crippen LogP contribution in [0.2, 0.25) is 0 Å². The molecule has 1 saturated heterocycles. The van der Waals surface area contributed by atoms with Crippen LogP contribution in [0.5, 0.6) is 0 Å². The van der Waals surface area contributed by atoms with Crippen LogP contribution in [0.1, 0.15) is 32.0 Å². The van der Waals surface area contributed by atoms with Gasteiger partial charge in [-0.1, -0.05) is 35.6 Å². The molecule has 1 aliphatic heterocycles. The number of anilines is 1. The van der Waals surface area contributed by atoms with Crippen LogP contribution in [0.15, 0.2) is 41.9 Å². The molecule has 4 aromatic rings. The lowest BCUT2D eigenvalue weighted by Crippen LogP contribution is -2.44. The van der Waals surface area contributed by atoms with Gasteiger partial charge in [-0.3, -0.25) is 9.59 Å². The number of fused-ring (bicyclic) bond motifs is 1. The van der Waals surface area contributed by atoms with Gasteiger partial charge in [0.25, 0.3) is 11.8 Å². The first-order chi connectivity index (χ1) is 17.3. The van der Waals surface area contributed by atoms with E-state index in [4.69, 9.17) is 9.72 Å². The van der Waals surface area contributed by atoms with Crippen molar-refractivity contribution in [2.45, 2.75) is 20.1 Å². The first-order valence-electron chi connectivity index (χ1n) is 11.6. The van der Waals surface area contributed by atoms with Crippen LogP contribution < -0.4 is 10.2 Å². The zero-order valence-corrected chi connectivity index (χ0v) is 22.2. The normalized spacial score (nSPS) is 15.4. The van der Waals surface area contributed by atoms with E-state index in [0.29, 0.717) is 24.4 Å². The first kappa shape index (κ1) is 24.4. The lowest BCUT2D eigenvalue weighted by Gasteiger charge is -2.23. The Labute approximate surface area is 217 Å². The van der Waals surface area contributed by atoms with E-state index in [9.17, 15) is 9.59 Å². The quantitative estimate of drug-likeness (QED) is 0.406. The molecule has 0 saturated carbocycles. The van der Waals surface area contributed by atoms with Crippen LogP contribution in [0.3, 0.4) is 0 Å². The summed E-state index contributed by atoms with van der Waals surface area (Å²) in [6, 6.07) is 11.7. The fourth-order valence-corrected chi connectivity index (χ4v) is 5.90. The summed E-state index contributed by atoms with van der Waals surface area (Å²) in [7, 11) is 3.83. The Morgan fingerprint density at radius 2 is 2.03 bits per heavy atom. The van der Waals surface area contributed by atoms with Crippen molar-refractivity contribution in [3.63, 3.8) is 0 Å². The molecular weight excluding hydrogens is 494 g/mol. The first-order valence-corrected chi connectivity index (χ1v) is 13.3. The molecule has 2 aromatic carbocycles. The third-order valence-electron chi connectivity index (χ3n) is 6.26. The average Bonchev–Trinajstić information content (AvgIpc) is 3.62. The Morgan fingerprint density at radius 1 is 1.19 bits per heavy atom. The van der Waals surface area contributed by atoms with Crippen LogP contribution in [0.4, 0.5) is 5.13 Å². The highest BCUT2D eigenvalue weighted by Gasteiger charge is 2.34. The molecule has 1 unspecified atom stereocenters. The van der Waals surface area contributed by atoms with Gasteiger partial charge >= 0.3 is 0 Å². The average molecular weight is 522 g/mol. The Balaban J connectivity index is 1.37. The van der Waals surface area contributed by atoms with Crippen molar-refractivity contribution < 1.29 is 14.3 Å². The summed E-state index contributed by atoms with van der Waals surface area (Å²) >= 11 is 2.92. The minimum atomic E-state index is -0.570. The van der Waals surface area contributed by atoms with E-state index in [2.05, 4.69) is 36.3 Å². The Hall–Kier alpha value is -3.34. The van der Waals surface area contributed by atoms with Crippen molar-refractivity contribution in [3.05, 3.63) is 64.3 Å². The van der Waals surface area contributed by atoms with Gasteiger partial charge in [-0.15, -0.1) is 11.3 Å². The number of thiazole rings is 2. The fourth-order valence-electron chi connectivity index (χ4n) is 4.12. The second-order valence-electron chi connectivity index (χ2n) is 8.91. The summed E-state index contributed by atoms with van der Waals surface area (Å²) in [6.07, 6.45) is -0.570. The molecule has 1 atom stereocenters. The molecule has 0 radical (unpaired) electrons. The van der Waals surface area contributed by atoms with E-state index in [1.807, 2.05) is 37.2 Å². The fraction of sp³-hybridized carbons (Fsp3) is 0.308. The molecule has 2 aromatic heterocycles. The van der Waals surface area contributed by atoms with Crippen LogP contribution in [0.25, 0.3) is 20.7 Å². The van der Waals surface area contributed by atoms with E-state index in [1.165, 1.54) is 28.2 Å². The molecule has 3 heterocycles. The minimum absolute atomic E-state index is 0.184. The lowest BCUT2D eigenvalue weighted by atomic mass is 10.0. The van der Waals surface area contributed by atoms with Gasteiger partial charge in [0, 0.05) is 20.6 Å². The van der Waals surface area contributed by atoms with Crippen LogP contribution >= 0.6 is 22.7 Å². The summed E-state index contributed by atoms with van der Waals surface area (Å²) in [6.45, 7) is 5.15. The summed E-state index contributed by atoms with van der Waals surface area (Å²) in [5, 5.41) is 3.70. The third kappa shape index (κ3) is 4.59. The standard InChI is InChI=1S/C26H27N5O3S2/c1-15-8-9-17(12-16(15)2)22-21(29-26(36-22)30(3)4)25(33)31-10-11-34-20(31)13-27-24(32)18-6-5-7-19-23(18)35-14-28-19/h5-9,12,14,20H,10-11,13H2,1-4H3,(H,27,32). The molecule has 10 heteroatoms. The number of ether oxygens (including phenoxy) is 1. The number of benzene rings is 2. The molecule has 186 valence electrons. The SMILES string of the molecule is Cc1ccc(-c2sc(N(C)C)nc2C(=O)N2CCOC2CNC(=O)c2cccc3ncsc23)cc1C.